The van der Waals surface area contributed by atoms with E-state index in [1.165, 1.54) is 19.2 Å². The number of aliphatic carboxylic acids is 1. The highest BCUT2D eigenvalue weighted by Gasteiger charge is 2.09. The fourth-order valence-corrected chi connectivity index (χ4v) is 1.54. The highest BCUT2D eigenvalue weighted by molar-refractivity contribution is 8.13. The van der Waals surface area contributed by atoms with Crippen molar-refractivity contribution in [3.8, 4) is 5.75 Å². The van der Waals surface area contributed by atoms with Gasteiger partial charge in [-0.3, -0.25) is 4.79 Å². The van der Waals surface area contributed by atoms with Gasteiger partial charge >= 0.3 is 0 Å². The third kappa shape index (κ3) is 6.26. The van der Waals surface area contributed by atoms with E-state index >= 15 is 0 Å². The van der Waals surface area contributed by atoms with Gasteiger partial charge in [0.2, 0.25) is 0 Å². The van der Waals surface area contributed by atoms with Gasteiger partial charge in [-0.1, -0.05) is 6.07 Å². The number of methoxy groups -OCH3 is 1. The monoisotopic (exact) mass is 266 g/mol. The molecule has 1 N–H and O–H groups in total. The van der Waals surface area contributed by atoms with E-state index in [0.29, 0.717) is 5.75 Å². The van der Waals surface area contributed by atoms with Gasteiger partial charge in [0.05, 0.1) is 12.0 Å². The summed E-state index contributed by atoms with van der Waals surface area (Å²) in [5.41, 5.74) is 0. The van der Waals surface area contributed by atoms with Crippen molar-refractivity contribution in [1.29, 1.82) is 0 Å². The fourth-order valence-electron chi connectivity index (χ4n) is 0.753. The normalized spacial score (nSPS) is 9.94. The summed E-state index contributed by atoms with van der Waals surface area (Å²) < 4.78 is 26.4. The Morgan fingerprint density at radius 1 is 1.44 bits per heavy atom. The number of carbonyl (C=O) groups is 1. The lowest BCUT2D eigenvalue weighted by Crippen LogP contribution is -1.91. The van der Waals surface area contributed by atoms with E-state index in [2.05, 4.69) is 0 Å². The standard InChI is InChI=1S/C7H7ClO3S.C2H4O2/c1-11-6-3-2-4-7(5-6)12(8,9)10;1-2(3)4/h2-5H,1H3;1H3,(H,3,4). The van der Waals surface area contributed by atoms with Gasteiger partial charge in [-0.05, 0) is 12.1 Å². The summed E-state index contributed by atoms with van der Waals surface area (Å²) >= 11 is 0. The minimum Gasteiger partial charge on any atom is -0.497 e. The van der Waals surface area contributed by atoms with Crippen molar-refractivity contribution in [1.82, 2.24) is 0 Å². The van der Waals surface area contributed by atoms with E-state index in [1.54, 1.807) is 12.1 Å². The maximum Gasteiger partial charge on any atom is 0.300 e. The van der Waals surface area contributed by atoms with Crippen LogP contribution in [-0.2, 0) is 13.8 Å². The minimum absolute atomic E-state index is 0.0449. The van der Waals surface area contributed by atoms with Crippen LogP contribution in [0.4, 0.5) is 0 Å². The molecule has 5 nitrogen and oxygen atoms in total. The van der Waals surface area contributed by atoms with Crippen molar-refractivity contribution in [3.05, 3.63) is 24.3 Å². The van der Waals surface area contributed by atoms with Gasteiger partial charge in [0.1, 0.15) is 5.75 Å². The van der Waals surface area contributed by atoms with Crippen LogP contribution in [0.25, 0.3) is 0 Å². The second kappa shape index (κ2) is 6.34. The van der Waals surface area contributed by atoms with E-state index in [9.17, 15) is 8.42 Å². The van der Waals surface area contributed by atoms with Crippen LogP contribution in [0.2, 0.25) is 0 Å². The third-order valence-corrected chi connectivity index (χ3v) is 2.67. The van der Waals surface area contributed by atoms with Gasteiger partial charge in [-0.15, -0.1) is 0 Å². The summed E-state index contributed by atoms with van der Waals surface area (Å²) in [4.78, 5) is 9.04. The molecule has 0 spiro atoms. The Morgan fingerprint density at radius 3 is 2.31 bits per heavy atom. The molecule has 0 aliphatic rings. The molecule has 1 rings (SSSR count). The number of carboxylic acid groups (broad SMARTS) is 1. The van der Waals surface area contributed by atoms with Crippen molar-refractivity contribution >= 4 is 25.7 Å². The topological polar surface area (TPSA) is 80.7 Å². The molecule has 0 heterocycles. The molecule has 1 aromatic rings. The molecule has 0 saturated heterocycles. The zero-order valence-corrected chi connectivity index (χ0v) is 10.2. The molecule has 0 amide bonds. The Kier molecular flexibility index (Phi) is 5.84. The van der Waals surface area contributed by atoms with E-state index in [-0.39, 0.29) is 4.90 Å². The van der Waals surface area contributed by atoms with Crippen LogP contribution in [0, 0.1) is 0 Å². The van der Waals surface area contributed by atoms with Crippen LogP contribution < -0.4 is 4.74 Å². The summed E-state index contributed by atoms with van der Waals surface area (Å²) in [6, 6.07) is 5.98. The van der Waals surface area contributed by atoms with E-state index in [4.69, 9.17) is 25.3 Å². The quantitative estimate of drug-likeness (QED) is 0.824. The number of halogens is 1. The average molecular weight is 267 g/mol. The maximum atomic E-state index is 10.8. The van der Waals surface area contributed by atoms with E-state index in [1.807, 2.05) is 0 Å². The molecule has 0 atom stereocenters. The lowest BCUT2D eigenvalue weighted by molar-refractivity contribution is -0.134. The first-order valence-electron chi connectivity index (χ1n) is 4.05. The van der Waals surface area contributed by atoms with Crippen molar-refractivity contribution in [3.63, 3.8) is 0 Å². The second-order valence-corrected chi connectivity index (χ2v) is 5.20. The zero-order chi connectivity index (χ0) is 12.8. The summed E-state index contributed by atoms with van der Waals surface area (Å²) in [6.45, 7) is 1.08. The van der Waals surface area contributed by atoms with E-state index < -0.39 is 15.0 Å². The smallest absolute Gasteiger partial charge is 0.300 e. The van der Waals surface area contributed by atoms with Crippen LogP contribution in [0.3, 0.4) is 0 Å². The largest absolute Gasteiger partial charge is 0.497 e. The molecule has 0 bridgehead atoms. The molecule has 1 aromatic carbocycles. The molecular weight excluding hydrogens is 256 g/mol. The Labute approximate surface area is 98.0 Å². The number of carboxylic acids is 1. The van der Waals surface area contributed by atoms with Crippen LogP contribution in [0.5, 0.6) is 5.75 Å². The van der Waals surface area contributed by atoms with Crippen molar-refractivity contribution in [2.45, 2.75) is 11.8 Å². The molecule has 0 saturated carbocycles. The molecule has 7 heteroatoms. The van der Waals surface area contributed by atoms with Gasteiger partial charge in [-0.2, -0.15) is 0 Å². The van der Waals surface area contributed by atoms with Gasteiger partial charge in [0.25, 0.3) is 15.0 Å². The Bertz CT molecular complexity index is 451. The van der Waals surface area contributed by atoms with Gasteiger partial charge in [0.15, 0.2) is 0 Å². The fraction of sp³-hybridized carbons (Fsp3) is 0.222. The van der Waals surface area contributed by atoms with Gasteiger partial charge in [-0.25, -0.2) is 8.42 Å². The lowest BCUT2D eigenvalue weighted by Gasteiger charge is -2.00. The number of ether oxygens (including phenoxy) is 1. The molecular formula is C9H11ClO5S. The third-order valence-electron chi connectivity index (χ3n) is 1.32. The predicted octanol–water partition coefficient (Wildman–Crippen LogP) is 1.71. The second-order valence-electron chi connectivity index (χ2n) is 2.64. The predicted molar refractivity (Wildman–Crippen MR) is 59.3 cm³/mol. The molecule has 16 heavy (non-hydrogen) atoms. The SMILES string of the molecule is CC(=O)O.COc1cccc(S(=O)(=O)Cl)c1. The zero-order valence-electron chi connectivity index (χ0n) is 8.68. The molecule has 0 aromatic heterocycles. The highest BCUT2D eigenvalue weighted by Crippen LogP contribution is 2.19. The Morgan fingerprint density at radius 2 is 1.94 bits per heavy atom. The van der Waals surface area contributed by atoms with Crippen molar-refractivity contribution in [2.75, 3.05) is 7.11 Å². The van der Waals surface area contributed by atoms with Gasteiger partial charge in [0, 0.05) is 23.7 Å². The molecule has 0 unspecified atom stereocenters. The highest BCUT2D eigenvalue weighted by atomic mass is 35.7. The van der Waals surface area contributed by atoms with Crippen LogP contribution >= 0.6 is 10.7 Å². The lowest BCUT2D eigenvalue weighted by atomic mass is 10.3. The number of hydrogen-bond donors (Lipinski definition) is 1. The first kappa shape index (κ1) is 14.7. The number of hydrogen-bond acceptors (Lipinski definition) is 4. The van der Waals surface area contributed by atoms with Crippen LogP contribution in [-0.4, -0.2) is 26.6 Å². The minimum atomic E-state index is -3.64. The van der Waals surface area contributed by atoms with Crippen molar-refractivity contribution in [2.24, 2.45) is 0 Å². The molecule has 0 fully saturated rings. The maximum absolute atomic E-state index is 10.8. The first-order valence-corrected chi connectivity index (χ1v) is 6.36. The Balaban J connectivity index is 0.000000487. The average Bonchev–Trinajstić information content (AvgIpc) is 2.16. The summed E-state index contributed by atoms with van der Waals surface area (Å²) in [6.07, 6.45) is 0. The first-order chi connectivity index (χ1) is 7.27. The van der Waals surface area contributed by atoms with Crippen LogP contribution in [0.15, 0.2) is 29.2 Å². The van der Waals surface area contributed by atoms with Gasteiger partial charge < -0.3 is 9.84 Å². The summed E-state index contributed by atoms with van der Waals surface area (Å²) in [7, 11) is 2.92. The van der Waals surface area contributed by atoms with E-state index in [0.717, 1.165) is 6.92 Å². The van der Waals surface area contributed by atoms with Crippen LogP contribution in [0.1, 0.15) is 6.92 Å². The molecule has 0 radical (unpaired) electrons. The number of rotatable bonds is 2. The molecule has 0 aliphatic carbocycles. The molecule has 90 valence electrons. The number of benzene rings is 1. The van der Waals surface area contributed by atoms with Crippen molar-refractivity contribution < 1.29 is 23.1 Å². The summed E-state index contributed by atoms with van der Waals surface area (Å²) in [5, 5.41) is 7.42. The summed E-state index contributed by atoms with van der Waals surface area (Å²) in [5.74, 6) is -0.364. The molecule has 0 aliphatic heterocycles. The Hall–Kier alpha value is -1.27.